The van der Waals surface area contributed by atoms with Crippen LogP contribution in [0.25, 0.3) is 0 Å². The Bertz CT molecular complexity index is 523. The van der Waals surface area contributed by atoms with Crippen molar-refractivity contribution in [2.75, 3.05) is 19.6 Å². The standard InChI is InChI=1S/C14H28N4O2S/c1-5-14(3,4)12-17-21(19,20)13-10-16-18(11-13)9-7-8-15-6-2/h10-11,15,17H,5-9,12H2,1-4H3. The van der Waals surface area contributed by atoms with Gasteiger partial charge in [-0.25, -0.2) is 13.1 Å². The molecule has 0 saturated carbocycles. The molecule has 1 aromatic rings. The Hall–Kier alpha value is -0.920. The third-order valence-electron chi connectivity index (χ3n) is 3.61. The van der Waals surface area contributed by atoms with Crippen molar-refractivity contribution >= 4 is 10.0 Å². The van der Waals surface area contributed by atoms with Gasteiger partial charge >= 0.3 is 0 Å². The van der Waals surface area contributed by atoms with E-state index in [-0.39, 0.29) is 10.3 Å². The van der Waals surface area contributed by atoms with Gasteiger partial charge in [-0.1, -0.05) is 27.7 Å². The number of nitrogens with zero attached hydrogens (tertiary/aromatic N) is 2. The molecule has 0 atom stereocenters. The largest absolute Gasteiger partial charge is 0.317 e. The van der Waals surface area contributed by atoms with Gasteiger partial charge in [0.05, 0.1) is 6.20 Å². The molecule has 2 N–H and O–H groups in total. The van der Waals surface area contributed by atoms with Crippen molar-refractivity contribution in [2.24, 2.45) is 5.41 Å². The Kier molecular flexibility index (Phi) is 6.83. The highest BCUT2D eigenvalue weighted by molar-refractivity contribution is 7.89. The van der Waals surface area contributed by atoms with E-state index in [0.29, 0.717) is 13.1 Å². The highest BCUT2D eigenvalue weighted by atomic mass is 32.2. The predicted octanol–water partition coefficient (Wildman–Crippen LogP) is 1.60. The van der Waals surface area contributed by atoms with Gasteiger partial charge in [-0.05, 0) is 31.3 Å². The van der Waals surface area contributed by atoms with Crippen molar-refractivity contribution in [3.63, 3.8) is 0 Å². The lowest BCUT2D eigenvalue weighted by molar-refractivity contribution is 0.350. The van der Waals surface area contributed by atoms with Crippen LogP contribution in [0.15, 0.2) is 17.3 Å². The number of hydrogen-bond donors (Lipinski definition) is 2. The summed E-state index contributed by atoms with van der Waals surface area (Å²) in [5.74, 6) is 0. The summed E-state index contributed by atoms with van der Waals surface area (Å²) < 4.78 is 28.8. The van der Waals surface area contributed by atoms with Gasteiger partial charge < -0.3 is 5.32 Å². The molecule has 7 heteroatoms. The van der Waals surface area contributed by atoms with Crippen molar-refractivity contribution in [1.29, 1.82) is 0 Å². The fourth-order valence-corrected chi connectivity index (χ4v) is 2.84. The lowest BCUT2D eigenvalue weighted by Gasteiger charge is -2.22. The molecule has 0 aliphatic carbocycles. The van der Waals surface area contributed by atoms with E-state index in [4.69, 9.17) is 0 Å². The van der Waals surface area contributed by atoms with E-state index < -0.39 is 10.0 Å². The third-order valence-corrected chi connectivity index (χ3v) is 4.96. The van der Waals surface area contributed by atoms with Crippen LogP contribution >= 0.6 is 0 Å². The normalized spacial score (nSPS) is 12.8. The van der Waals surface area contributed by atoms with Crippen LogP contribution in [0.3, 0.4) is 0 Å². The predicted molar refractivity (Wildman–Crippen MR) is 84.6 cm³/mol. The van der Waals surface area contributed by atoms with E-state index in [1.165, 1.54) is 6.20 Å². The first-order valence-corrected chi connectivity index (χ1v) is 9.02. The summed E-state index contributed by atoms with van der Waals surface area (Å²) in [5.41, 5.74) is -0.0467. The first-order chi connectivity index (χ1) is 9.80. The van der Waals surface area contributed by atoms with Crippen molar-refractivity contribution < 1.29 is 8.42 Å². The van der Waals surface area contributed by atoms with Gasteiger partial charge in [0.1, 0.15) is 4.90 Å². The zero-order chi connectivity index (χ0) is 15.9. The Morgan fingerprint density at radius 1 is 1.33 bits per heavy atom. The van der Waals surface area contributed by atoms with Crippen molar-refractivity contribution in [3.8, 4) is 0 Å². The second kappa shape index (κ2) is 7.91. The van der Waals surface area contributed by atoms with Gasteiger partial charge in [0, 0.05) is 19.3 Å². The Morgan fingerprint density at radius 2 is 2.05 bits per heavy atom. The van der Waals surface area contributed by atoms with Gasteiger partial charge in [0.25, 0.3) is 0 Å². The second-order valence-corrected chi connectivity index (χ2v) is 7.76. The van der Waals surface area contributed by atoms with Gasteiger partial charge in [0.2, 0.25) is 10.0 Å². The molecule has 0 radical (unpaired) electrons. The summed E-state index contributed by atoms with van der Waals surface area (Å²) in [6.45, 7) is 11.2. The van der Waals surface area contributed by atoms with Crippen LogP contribution in [-0.4, -0.2) is 37.8 Å². The van der Waals surface area contributed by atoms with Crippen molar-refractivity contribution in [2.45, 2.75) is 52.0 Å². The molecule has 21 heavy (non-hydrogen) atoms. The number of hydrogen-bond acceptors (Lipinski definition) is 4. The van der Waals surface area contributed by atoms with Crippen LogP contribution in [-0.2, 0) is 16.6 Å². The van der Waals surface area contributed by atoms with Gasteiger partial charge in [-0.2, -0.15) is 5.10 Å². The number of aryl methyl sites for hydroxylation is 1. The summed E-state index contributed by atoms with van der Waals surface area (Å²) in [6, 6.07) is 0. The summed E-state index contributed by atoms with van der Waals surface area (Å²) in [7, 11) is -3.47. The molecule has 1 aromatic heterocycles. The molecule has 1 rings (SSSR count). The molecule has 122 valence electrons. The fourth-order valence-electron chi connectivity index (χ4n) is 1.65. The van der Waals surface area contributed by atoms with Gasteiger partial charge in [0.15, 0.2) is 0 Å². The smallest absolute Gasteiger partial charge is 0.243 e. The fraction of sp³-hybridized carbons (Fsp3) is 0.786. The SMILES string of the molecule is CCNCCCn1cc(S(=O)(=O)NCC(C)(C)CC)cn1. The number of rotatable bonds is 10. The molecule has 0 bridgehead atoms. The maximum Gasteiger partial charge on any atom is 0.243 e. The molecular formula is C14H28N4O2S. The highest BCUT2D eigenvalue weighted by Gasteiger charge is 2.21. The summed E-state index contributed by atoms with van der Waals surface area (Å²) in [6.07, 6.45) is 4.84. The number of sulfonamides is 1. The molecular weight excluding hydrogens is 288 g/mol. The average molecular weight is 316 g/mol. The summed E-state index contributed by atoms with van der Waals surface area (Å²) in [5, 5.41) is 7.34. The maximum atomic E-state index is 12.2. The average Bonchev–Trinajstić information content (AvgIpc) is 2.91. The molecule has 0 spiro atoms. The van der Waals surface area contributed by atoms with Gasteiger partial charge in [-0.15, -0.1) is 0 Å². The van der Waals surface area contributed by atoms with E-state index >= 15 is 0 Å². The van der Waals surface area contributed by atoms with Crippen LogP contribution in [0.5, 0.6) is 0 Å². The second-order valence-electron chi connectivity index (χ2n) is 5.99. The van der Waals surface area contributed by atoms with Crippen LogP contribution in [0.4, 0.5) is 0 Å². The maximum absolute atomic E-state index is 12.2. The first-order valence-electron chi connectivity index (χ1n) is 7.53. The quantitative estimate of drug-likeness (QED) is 0.643. The molecule has 0 saturated heterocycles. The van der Waals surface area contributed by atoms with E-state index in [2.05, 4.69) is 29.0 Å². The monoisotopic (exact) mass is 316 g/mol. The van der Waals surface area contributed by atoms with E-state index in [9.17, 15) is 8.42 Å². The van der Waals surface area contributed by atoms with Crippen LogP contribution in [0, 0.1) is 5.41 Å². The lowest BCUT2D eigenvalue weighted by Crippen LogP contribution is -2.33. The summed E-state index contributed by atoms with van der Waals surface area (Å²) >= 11 is 0. The topological polar surface area (TPSA) is 76.0 Å². The Labute approximate surface area is 128 Å². The zero-order valence-electron chi connectivity index (χ0n) is 13.5. The molecule has 0 fully saturated rings. The van der Waals surface area contributed by atoms with E-state index in [0.717, 1.165) is 25.9 Å². The minimum Gasteiger partial charge on any atom is -0.317 e. The highest BCUT2D eigenvalue weighted by Crippen LogP contribution is 2.19. The first kappa shape index (κ1) is 18.1. The molecule has 0 amide bonds. The van der Waals surface area contributed by atoms with Crippen LogP contribution in [0.1, 0.15) is 40.5 Å². The number of nitrogens with one attached hydrogen (secondary N) is 2. The van der Waals surface area contributed by atoms with Crippen LogP contribution < -0.4 is 10.0 Å². The molecule has 0 aliphatic rings. The number of aromatic nitrogens is 2. The van der Waals surface area contributed by atoms with E-state index in [1.807, 2.05) is 13.8 Å². The minimum atomic E-state index is -3.47. The molecule has 0 unspecified atom stereocenters. The van der Waals surface area contributed by atoms with Gasteiger partial charge in [-0.3, -0.25) is 4.68 Å². The molecule has 1 heterocycles. The Morgan fingerprint density at radius 3 is 2.67 bits per heavy atom. The van der Waals surface area contributed by atoms with Crippen molar-refractivity contribution in [3.05, 3.63) is 12.4 Å². The molecule has 6 nitrogen and oxygen atoms in total. The molecule has 0 aromatic carbocycles. The summed E-state index contributed by atoms with van der Waals surface area (Å²) in [4.78, 5) is 0.234. The third kappa shape index (κ3) is 6.15. The van der Waals surface area contributed by atoms with Crippen molar-refractivity contribution in [1.82, 2.24) is 19.8 Å². The zero-order valence-corrected chi connectivity index (χ0v) is 14.3. The lowest BCUT2D eigenvalue weighted by atomic mass is 9.91. The minimum absolute atomic E-state index is 0.0467. The van der Waals surface area contributed by atoms with E-state index in [1.54, 1.807) is 10.9 Å². The Balaban J connectivity index is 2.58. The van der Waals surface area contributed by atoms with Crippen LogP contribution in [0.2, 0.25) is 0 Å². The molecule has 0 aliphatic heterocycles.